The van der Waals surface area contributed by atoms with E-state index >= 15 is 0 Å². The fourth-order valence-corrected chi connectivity index (χ4v) is 1.79. The van der Waals surface area contributed by atoms with Crippen molar-refractivity contribution in [3.63, 3.8) is 0 Å². The van der Waals surface area contributed by atoms with Crippen LogP contribution in [-0.2, 0) is 4.79 Å². The first-order valence-electron chi connectivity index (χ1n) is 5.49. The molecule has 0 aliphatic heterocycles. The van der Waals surface area contributed by atoms with Gasteiger partial charge < -0.3 is 25.5 Å². The minimum Gasteiger partial charge on any atom is -0.480 e. The van der Waals surface area contributed by atoms with E-state index in [1.165, 1.54) is 0 Å². The van der Waals surface area contributed by atoms with Gasteiger partial charge in [0.05, 0.1) is 6.61 Å². The first-order chi connectivity index (χ1) is 8.05. The molecule has 17 heavy (non-hydrogen) atoms. The minimum atomic E-state index is -1.22. The van der Waals surface area contributed by atoms with E-state index in [4.69, 9.17) is 25.5 Å². The fraction of sp³-hybridized carbons (Fsp3) is 0.900. The van der Waals surface area contributed by atoms with Crippen LogP contribution >= 0.6 is 0 Å². The molecule has 0 aromatic carbocycles. The number of aliphatic hydroxyl groups is 4. The van der Waals surface area contributed by atoms with Crippen molar-refractivity contribution in [3.05, 3.63) is 0 Å². The van der Waals surface area contributed by atoms with E-state index in [2.05, 4.69) is 5.32 Å². The van der Waals surface area contributed by atoms with Crippen molar-refractivity contribution in [2.45, 2.75) is 30.8 Å². The highest BCUT2D eigenvalue weighted by Crippen LogP contribution is 2.20. The Labute approximate surface area is 99.7 Å². The van der Waals surface area contributed by atoms with E-state index in [1.54, 1.807) is 0 Å². The highest BCUT2D eigenvalue weighted by Gasteiger charge is 2.33. The summed E-state index contributed by atoms with van der Waals surface area (Å²) in [5.74, 6) is -1.22. The molecule has 0 saturated carbocycles. The van der Waals surface area contributed by atoms with Crippen molar-refractivity contribution in [2.24, 2.45) is 0 Å². The van der Waals surface area contributed by atoms with Gasteiger partial charge in [0.15, 0.2) is 0 Å². The number of carboxylic acid groups (broad SMARTS) is 1. The van der Waals surface area contributed by atoms with Gasteiger partial charge in [0, 0.05) is 25.4 Å². The van der Waals surface area contributed by atoms with E-state index in [1.807, 2.05) is 0 Å². The Morgan fingerprint density at radius 3 is 1.65 bits per heavy atom. The molecule has 0 fully saturated rings. The minimum absolute atomic E-state index is 0.192. The molecular formula is C10H21NO6. The molecule has 0 saturated heterocycles. The molecule has 0 aliphatic rings. The van der Waals surface area contributed by atoms with Crippen molar-refractivity contribution in [3.8, 4) is 0 Å². The molecule has 0 heterocycles. The third kappa shape index (κ3) is 5.42. The number of aliphatic hydroxyl groups excluding tert-OH is 4. The Morgan fingerprint density at radius 2 is 1.41 bits per heavy atom. The van der Waals surface area contributed by atoms with Gasteiger partial charge in [0.25, 0.3) is 0 Å². The van der Waals surface area contributed by atoms with Gasteiger partial charge in [-0.2, -0.15) is 0 Å². The fourth-order valence-electron chi connectivity index (χ4n) is 1.79. The summed E-state index contributed by atoms with van der Waals surface area (Å²) in [6.07, 6.45) is 0.577. The van der Waals surface area contributed by atoms with Crippen LogP contribution in [0.15, 0.2) is 0 Å². The molecule has 0 unspecified atom stereocenters. The molecule has 0 aromatic rings. The van der Waals surface area contributed by atoms with Gasteiger partial charge in [-0.25, -0.2) is 0 Å². The summed E-state index contributed by atoms with van der Waals surface area (Å²) < 4.78 is 0. The van der Waals surface area contributed by atoms with Crippen LogP contribution in [0, 0.1) is 0 Å². The van der Waals surface area contributed by atoms with E-state index in [0.29, 0.717) is 0 Å². The second kappa shape index (κ2) is 8.37. The molecule has 0 aromatic heterocycles. The van der Waals surface area contributed by atoms with E-state index in [-0.39, 0.29) is 39.1 Å². The molecule has 7 heteroatoms. The summed E-state index contributed by atoms with van der Waals surface area (Å²) in [7, 11) is 0. The van der Waals surface area contributed by atoms with Crippen molar-refractivity contribution in [1.29, 1.82) is 0 Å². The first-order valence-corrected chi connectivity index (χ1v) is 5.49. The van der Waals surface area contributed by atoms with Gasteiger partial charge in [0.2, 0.25) is 0 Å². The smallest absolute Gasteiger partial charge is 0.323 e. The highest BCUT2D eigenvalue weighted by atomic mass is 16.4. The molecular weight excluding hydrogens is 230 g/mol. The van der Waals surface area contributed by atoms with Crippen LogP contribution in [0.1, 0.15) is 19.3 Å². The Balaban J connectivity index is 4.78. The maximum Gasteiger partial charge on any atom is 0.323 e. The number of carboxylic acids is 1. The van der Waals surface area contributed by atoms with Crippen LogP contribution in [0.4, 0.5) is 0 Å². The lowest BCUT2D eigenvalue weighted by Gasteiger charge is -2.36. The molecule has 6 N–H and O–H groups in total. The van der Waals surface area contributed by atoms with Crippen LogP contribution in [0.5, 0.6) is 0 Å². The second-order valence-corrected chi connectivity index (χ2v) is 3.92. The van der Waals surface area contributed by atoms with Crippen LogP contribution in [-0.4, -0.2) is 69.5 Å². The van der Waals surface area contributed by atoms with Crippen LogP contribution in [0.3, 0.4) is 0 Å². The average Bonchev–Trinajstić information content (AvgIpc) is 2.26. The van der Waals surface area contributed by atoms with Crippen molar-refractivity contribution < 1.29 is 30.3 Å². The molecule has 1 atom stereocenters. The second-order valence-electron chi connectivity index (χ2n) is 3.92. The maximum absolute atomic E-state index is 10.8. The lowest BCUT2D eigenvalue weighted by atomic mass is 9.87. The summed E-state index contributed by atoms with van der Waals surface area (Å²) in [5.41, 5.74) is -0.885. The van der Waals surface area contributed by atoms with Gasteiger partial charge in [-0.1, -0.05) is 0 Å². The largest absolute Gasteiger partial charge is 0.480 e. The van der Waals surface area contributed by atoms with Crippen LogP contribution < -0.4 is 5.32 Å². The summed E-state index contributed by atoms with van der Waals surface area (Å²) in [6.45, 7) is -1.21. The first kappa shape index (κ1) is 16.3. The third-order valence-corrected chi connectivity index (χ3v) is 2.73. The molecule has 102 valence electrons. The van der Waals surface area contributed by atoms with E-state index < -0.39 is 24.2 Å². The quantitative estimate of drug-likeness (QED) is 0.262. The average molecular weight is 251 g/mol. The van der Waals surface area contributed by atoms with Crippen molar-refractivity contribution >= 4 is 5.97 Å². The maximum atomic E-state index is 10.8. The highest BCUT2D eigenvalue weighted by molar-refractivity contribution is 5.73. The summed E-state index contributed by atoms with van der Waals surface area (Å²) in [4.78, 5) is 10.8. The predicted octanol–water partition coefficient (Wildman–Crippen LogP) is -2.09. The summed E-state index contributed by atoms with van der Waals surface area (Å²) in [6, 6.07) is -1.18. The van der Waals surface area contributed by atoms with Gasteiger partial charge in [-0.05, 0) is 19.3 Å². The van der Waals surface area contributed by atoms with Crippen LogP contribution in [0.2, 0.25) is 0 Å². The lowest BCUT2D eigenvalue weighted by Crippen LogP contribution is -2.56. The predicted molar refractivity (Wildman–Crippen MR) is 59.5 cm³/mol. The lowest BCUT2D eigenvalue weighted by molar-refractivity contribution is -0.141. The molecule has 0 aliphatic carbocycles. The number of hydrogen-bond donors (Lipinski definition) is 6. The molecule has 0 bridgehead atoms. The van der Waals surface area contributed by atoms with Crippen molar-refractivity contribution in [2.75, 3.05) is 26.4 Å². The standard InChI is InChI=1S/C10H21NO6/c12-4-1-10(2-5-13,3-6-14)11-8(7-15)9(16)17/h8,11-15H,1-7H2,(H,16,17)/t8-/m0/s1. The number of hydrogen-bond acceptors (Lipinski definition) is 6. The monoisotopic (exact) mass is 251 g/mol. The number of aliphatic carboxylic acids is 1. The van der Waals surface area contributed by atoms with Crippen molar-refractivity contribution in [1.82, 2.24) is 5.32 Å². The Hall–Kier alpha value is -0.730. The molecule has 0 spiro atoms. The molecule has 0 amide bonds. The van der Waals surface area contributed by atoms with Gasteiger partial charge in [-0.15, -0.1) is 0 Å². The number of carbonyl (C=O) groups is 1. The van der Waals surface area contributed by atoms with E-state index in [9.17, 15) is 4.79 Å². The topological polar surface area (TPSA) is 130 Å². The van der Waals surface area contributed by atoms with Gasteiger partial charge in [0.1, 0.15) is 6.04 Å². The third-order valence-electron chi connectivity index (χ3n) is 2.73. The Bertz CT molecular complexity index is 206. The Morgan fingerprint density at radius 1 is 1.00 bits per heavy atom. The zero-order valence-electron chi connectivity index (χ0n) is 9.67. The summed E-state index contributed by atoms with van der Waals surface area (Å²) >= 11 is 0. The number of rotatable bonds is 10. The number of nitrogens with one attached hydrogen (secondary N) is 1. The van der Waals surface area contributed by atoms with Gasteiger partial charge >= 0.3 is 5.97 Å². The van der Waals surface area contributed by atoms with E-state index in [0.717, 1.165) is 0 Å². The zero-order chi connectivity index (χ0) is 13.3. The molecule has 0 radical (unpaired) electrons. The van der Waals surface area contributed by atoms with Crippen LogP contribution in [0.25, 0.3) is 0 Å². The molecule has 7 nitrogen and oxygen atoms in total. The molecule has 0 rings (SSSR count). The normalized spacial score (nSPS) is 13.6. The zero-order valence-corrected chi connectivity index (χ0v) is 9.67. The van der Waals surface area contributed by atoms with Gasteiger partial charge in [-0.3, -0.25) is 10.1 Å². The Kier molecular flexibility index (Phi) is 8.01. The summed E-state index contributed by atoms with van der Waals surface area (Å²) in [5, 5.41) is 47.4. The SMILES string of the molecule is O=C(O)[C@H](CO)NC(CCO)(CCO)CCO.